The molecule has 4 aliphatic heterocycles. The van der Waals surface area contributed by atoms with E-state index in [0.717, 1.165) is 0 Å². The Bertz CT molecular complexity index is 2240. The van der Waals surface area contributed by atoms with E-state index in [9.17, 15) is 45.3 Å². The Morgan fingerprint density at radius 3 is 2.23 bits per heavy atom. The van der Waals surface area contributed by atoms with Crippen molar-refractivity contribution in [1.82, 2.24) is 29.7 Å². The van der Waals surface area contributed by atoms with Crippen molar-refractivity contribution in [2.24, 2.45) is 11.8 Å². The van der Waals surface area contributed by atoms with Crippen LogP contribution in [0, 0.1) is 11.8 Å². The molecule has 0 aliphatic carbocycles. The van der Waals surface area contributed by atoms with Gasteiger partial charge in [-0.05, 0) is 113 Å². The number of benzene rings is 1. The highest BCUT2D eigenvalue weighted by Gasteiger charge is 2.53. The van der Waals surface area contributed by atoms with E-state index in [-0.39, 0.29) is 45.5 Å². The number of rotatable bonds is 19. The largest absolute Gasteiger partial charge is 0.459 e. The van der Waals surface area contributed by atoms with Gasteiger partial charge in [-0.1, -0.05) is 45.0 Å². The van der Waals surface area contributed by atoms with E-state index in [1.807, 2.05) is 42.5 Å². The Kier molecular flexibility index (Phi) is 22.3. The summed E-state index contributed by atoms with van der Waals surface area (Å²) in [6.45, 7) is 21.6. The average molecular weight is 1120 g/mol. The van der Waals surface area contributed by atoms with Crippen molar-refractivity contribution in [3.05, 3.63) is 41.7 Å². The van der Waals surface area contributed by atoms with Crippen LogP contribution in [0.1, 0.15) is 119 Å². The van der Waals surface area contributed by atoms with Crippen LogP contribution < -0.4 is 4.90 Å². The predicted octanol–water partition coefficient (Wildman–Crippen LogP) is 2.23. The standard InChI is InChI=1S/C56H95N7O16/c1-15-43-56(11,72)48(67)35(7)59(12)25-23-54(9,71)50(33(5)47(34(6)51(69)77-43)78-44-27-55(10,73-14)49(68)36(8)75-44)79-52-46(66)41(26-32(4)74-52)60(13)24-22-38-28-62(58-57-38)29-40-30-63(53(70)76-40)39-20-18-37(19-21-39)45(65)42(31-64)61(16-2)17-3/h18-21,28,32-36,40-50,52,64-68,71-72H,15-17,22-27,29-31H2,1-14H3/t32-,33+,34-,35-,36+,40+,41+,42+,43-,44+,45-,46-,47+,48-,49+,50-,52+,54-,55-,56-/m1/s1. The number of anilines is 1. The fraction of sp³-hybridized carbons (Fsp3) is 0.821. The minimum absolute atomic E-state index is 0.0828. The number of methoxy groups -OCH3 is 1. The molecule has 2 aromatic rings. The van der Waals surface area contributed by atoms with E-state index in [4.69, 9.17) is 33.2 Å². The van der Waals surface area contributed by atoms with Crippen molar-refractivity contribution in [3.63, 3.8) is 0 Å². The van der Waals surface area contributed by atoms with Crippen LogP contribution in [0.5, 0.6) is 0 Å². The topological polar surface area (TPSA) is 284 Å². The fourth-order valence-electron chi connectivity index (χ4n) is 12.1. The Balaban J connectivity index is 1.16. The van der Waals surface area contributed by atoms with Gasteiger partial charge in [0.25, 0.3) is 0 Å². The molecular weight excluding hydrogens is 1030 g/mol. The molecule has 0 spiro atoms. The van der Waals surface area contributed by atoms with Gasteiger partial charge < -0.3 is 78.7 Å². The number of likely N-dealkylation sites (N-methyl/N-ethyl adjacent to an activating group) is 3. The van der Waals surface area contributed by atoms with E-state index in [0.29, 0.717) is 49.4 Å². The fourth-order valence-corrected chi connectivity index (χ4v) is 12.1. The molecule has 0 bridgehead atoms. The minimum atomic E-state index is -1.86. The van der Waals surface area contributed by atoms with Gasteiger partial charge in [0.1, 0.15) is 36.1 Å². The zero-order chi connectivity index (χ0) is 58.5. The number of amides is 1. The van der Waals surface area contributed by atoms with E-state index in [2.05, 4.69) is 10.3 Å². The van der Waals surface area contributed by atoms with E-state index >= 15 is 0 Å². The monoisotopic (exact) mass is 1120 g/mol. The molecule has 1 aromatic heterocycles. The molecule has 0 unspecified atom stereocenters. The van der Waals surface area contributed by atoms with E-state index in [1.165, 1.54) is 18.9 Å². The molecule has 5 heterocycles. The third kappa shape index (κ3) is 14.8. The van der Waals surface area contributed by atoms with Gasteiger partial charge in [-0.2, -0.15) is 0 Å². The Morgan fingerprint density at radius 1 is 0.937 bits per heavy atom. The summed E-state index contributed by atoms with van der Waals surface area (Å²) in [4.78, 5) is 34.8. The normalized spacial score (nSPS) is 38.4. The number of carbonyl (C=O) groups is 2. The number of cyclic esters (lactones) is 2. The molecule has 450 valence electrons. The van der Waals surface area contributed by atoms with Gasteiger partial charge in [0.15, 0.2) is 12.6 Å². The number of ether oxygens (including phenoxy) is 7. The molecular formula is C56H95N7O16. The van der Waals surface area contributed by atoms with E-state index in [1.54, 1.807) is 90.7 Å². The SMILES string of the molecule is CC[C@H]1OC(=O)[C@H](C)[C@@H](O[C@H]2C[C@@](C)(OC)[C@@H](O)[C@H](C)O2)[C@H](C)[C@@H](O[C@@H]2O[C@H](C)C[C@H](N(C)CCc3cn(C[C@H]4CN(c5ccc([C@@H](O)[C@H](CO)N(CC)CC)cc5)C(=O)O4)nn3)[C@H]2O)[C@](C)(O)CCN(C)[C@H](C)[C@@H](O)[C@]1(C)O. The molecule has 1 amide bonds. The maximum atomic E-state index is 14.4. The first kappa shape index (κ1) is 64.7. The van der Waals surface area contributed by atoms with Gasteiger partial charge in [0.05, 0.1) is 79.1 Å². The maximum Gasteiger partial charge on any atom is 0.414 e. The molecule has 20 atom stereocenters. The highest BCUT2D eigenvalue weighted by molar-refractivity contribution is 5.89. The second-order valence-corrected chi connectivity index (χ2v) is 23.5. The van der Waals surface area contributed by atoms with Crippen LogP contribution in [0.25, 0.3) is 0 Å². The Morgan fingerprint density at radius 2 is 1.61 bits per heavy atom. The van der Waals surface area contributed by atoms with Crippen LogP contribution in [0.4, 0.5) is 10.5 Å². The quantitative estimate of drug-likeness (QED) is 0.0993. The molecule has 7 N–H and O–H groups in total. The first-order chi connectivity index (χ1) is 37.1. The van der Waals surface area contributed by atoms with Crippen molar-refractivity contribution in [3.8, 4) is 0 Å². The molecule has 6 rings (SSSR count). The number of aliphatic hydroxyl groups is 7. The lowest BCUT2D eigenvalue weighted by Gasteiger charge is -2.49. The first-order valence-electron chi connectivity index (χ1n) is 28.4. The maximum absolute atomic E-state index is 14.4. The highest BCUT2D eigenvalue weighted by Crippen LogP contribution is 2.40. The summed E-state index contributed by atoms with van der Waals surface area (Å²) in [5.41, 5.74) is -2.71. The molecule has 4 aliphatic rings. The zero-order valence-corrected chi connectivity index (χ0v) is 49.1. The summed E-state index contributed by atoms with van der Waals surface area (Å²) >= 11 is 0. The molecule has 4 saturated heterocycles. The van der Waals surface area contributed by atoms with Crippen molar-refractivity contribution in [1.29, 1.82) is 0 Å². The van der Waals surface area contributed by atoms with Gasteiger partial charge in [-0.15, -0.1) is 5.10 Å². The van der Waals surface area contributed by atoms with Crippen molar-refractivity contribution in [2.45, 2.75) is 223 Å². The smallest absolute Gasteiger partial charge is 0.414 e. The second kappa shape index (κ2) is 27.3. The Hall–Kier alpha value is -3.50. The molecule has 23 nitrogen and oxygen atoms in total. The minimum Gasteiger partial charge on any atom is -0.459 e. The van der Waals surface area contributed by atoms with Crippen LogP contribution in [0.15, 0.2) is 30.5 Å². The van der Waals surface area contributed by atoms with E-state index < -0.39 is 132 Å². The van der Waals surface area contributed by atoms with Gasteiger partial charge in [-0.25, -0.2) is 9.48 Å². The predicted molar refractivity (Wildman–Crippen MR) is 290 cm³/mol. The lowest BCUT2D eigenvalue weighted by molar-refractivity contribution is -0.318. The van der Waals surface area contributed by atoms with Gasteiger partial charge >= 0.3 is 12.1 Å². The molecule has 4 fully saturated rings. The molecule has 0 radical (unpaired) electrons. The van der Waals surface area contributed by atoms with Crippen LogP contribution in [-0.4, -0.2) is 240 Å². The number of nitrogens with zero attached hydrogens (tertiary/aromatic N) is 7. The van der Waals surface area contributed by atoms with Gasteiger partial charge in [0, 0.05) is 62.9 Å². The van der Waals surface area contributed by atoms with Crippen molar-refractivity contribution >= 4 is 17.7 Å². The zero-order valence-electron chi connectivity index (χ0n) is 49.1. The summed E-state index contributed by atoms with van der Waals surface area (Å²) in [5, 5.41) is 89.3. The number of carbonyl (C=O) groups excluding carboxylic acids is 2. The number of hydrogen-bond acceptors (Lipinski definition) is 21. The lowest BCUT2D eigenvalue weighted by atomic mass is 9.79. The first-order valence-corrected chi connectivity index (χ1v) is 28.4. The number of aromatic nitrogens is 3. The average Bonchev–Trinajstić information content (AvgIpc) is 4.04. The third-order valence-electron chi connectivity index (χ3n) is 17.7. The van der Waals surface area contributed by atoms with Crippen molar-refractivity contribution in [2.75, 3.05) is 65.4 Å². The number of hydrogen-bond donors (Lipinski definition) is 7. The van der Waals surface area contributed by atoms with Crippen LogP contribution in [0.3, 0.4) is 0 Å². The van der Waals surface area contributed by atoms with Crippen LogP contribution >= 0.6 is 0 Å². The molecule has 23 heteroatoms. The summed E-state index contributed by atoms with van der Waals surface area (Å²) in [6.07, 6.45) is -9.24. The Labute approximate surface area is 466 Å². The summed E-state index contributed by atoms with van der Waals surface area (Å²) < 4.78 is 45.5. The summed E-state index contributed by atoms with van der Waals surface area (Å²) in [5.74, 6) is -2.65. The lowest BCUT2D eigenvalue weighted by Crippen LogP contribution is -2.62. The molecule has 1 aromatic carbocycles. The third-order valence-corrected chi connectivity index (χ3v) is 17.7. The van der Waals surface area contributed by atoms with Gasteiger partial charge in [0.2, 0.25) is 0 Å². The number of esters is 1. The summed E-state index contributed by atoms with van der Waals surface area (Å²) in [7, 11) is 5.15. The van der Waals surface area contributed by atoms with Crippen LogP contribution in [-0.2, 0) is 50.9 Å². The second-order valence-electron chi connectivity index (χ2n) is 23.5. The molecule has 79 heavy (non-hydrogen) atoms. The summed E-state index contributed by atoms with van der Waals surface area (Å²) in [6, 6.07) is 5.44. The van der Waals surface area contributed by atoms with Crippen LogP contribution in [0.2, 0.25) is 0 Å². The van der Waals surface area contributed by atoms with Crippen molar-refractivity contribution < 1.29 is 78.5 Å². The number of aliphatic hydroxyl groups excluding tert-OH is 5. The van der Waals surface area contributed by atoms with Gasteiger partial charge in [-0.3, -0.25) is 14.6 Å². The molecule has 0 saturated carbocycles. The highest BCUT2D eigenvalue weighted by atomic mass is 16.7.